The van der Waals surface area contributed by atoms with E-state index in [2.05, 4.69) is 88.0 Å². The zero-order valence-electron chi connectivity index (χ0n) is 17.2. The Morgan fingerprint density at radius 1 is 1.04 bits per heavy atom. The number of aryl methyl sites for hydroxylation is 2. The lowest BCUT2D eigenvalue weighted by atomic mass is 10.00. The van der Waals surface area contributed by atoms with E-state index in [4.69, 9.17) is 5.10 Å². The van der Waals surface area contributed by atoms with E-state index in [1.54, 1.807) is 6.92 Å². The summed E-state index contributed by atoms with van der Waals surface area (Å²) in [6.07, 6.45) is 0.850. The van der Waals surface area contributed by atoms with Crippen LogP contribution in [0.4, 0.5) is 5.69 Å². The lowest BCUT2D eigenvalue weighted by Crippen LogP contribution is -2.49. The van der Waals surface area contributed by atoms with Crippen molar-refractivity contribution in [2.45, 2.75) is 59.7 Å². The molecule has 0 aliphatic carbocycles. The van der Waals surface area contributed by atoms with Gasteiger partial charge in [0.1, 0.15) is 0 Å². The molecule has 0 spiro atoms. The number of amidine groups is 1. The Labute approximate surface area is 162 Å². The molecule has 2 aromatic carbocycles. The summed E-state index contributed by atoms with van der Waals surface area (Å²) in [7, 11) is 0. The van der Waals surface area contributed by atoms with Crippen molar-refractivity contribution < 1.29 is 4.79 Å². The predicted molar refractivity (Wildman–Crippen MR) is 112 cm³/mol. The molecule has 0 radical (unpaired) electrons. The lowest BCUT2D eigenvalue weighted by Gasteiger charge is -2.40. The smallest absolute Gasteiger partial charge is 0.196 e. The Morgan fingerprint density at radius 2 is 1.63 bits per heavy atom. The maximum Gasteiger partial charge on any atom is 0.196 e. The Bertz CT molecular complexity index is 845. The first-order chi connectivity index (χ1) is 12.7. The molecule has 0 bridgehead atoms. The second-order valence-corrected chi connectivity index (χ2v) is 8.17. The standard InChI is InChI=1S/C23H29N3O/c1-7-18-10-12-19(13-11-18)22-25(23(4,5)6)21(17(3)27)24-26(22)20-14-8-16(2)9-15-20/h8-15,22H,7H2,1-6H3/t22-/m1/s1. The molecule has 0 amide bonds. The highest BCUT2D eigenvalue weighted by Gasteiger charge is 2.43. The molecule has 1 atom stereocenters. The molecule has 0 fully saturated rings. The largest absolute Gasteiger partial charge is 0.321 e. The number of ketones is 1. The van der Waals surface area contributed by atoms with Crippen LogP contribution in [0.5, 0.6) is 0 Å². The molecule has 0 saturated heterocycles. The molecule has 0 N–H and O–H groups in total. The van der Waals surface area contributed by atoms with Crippen molar-refractivity contribution in [3.63, 3.8) is 0 Å². The molecule has 0 aromatic heterocycles. The van der Waals surface area contributed by atoms with Crippen LogP contribution in [0.25, 0.3) is 0 Å². The first kappa shape index (κ1) is 19.2. The van der Waals surface area contributed by atoms with E-state index in [1.807, 2.05) is 5.01 Å². The average Bonchev–Trinajstić information content (AvgIpc) is 3.04. The van der Waals surface area contributed by atoms with Crippen molar-refractivity contribution in [2.24, 2.45) is 5.10 Å². The number of rotatable bonds is 4. The fourth-order valence-electron chi connectivity index (χ4n) is 3.47. The minimum atomic E-state index is -0.252. The topological polar surface area (TPSA) is 35.9 Å². The van der Waals surface area contributed by atoms with Crippen LogP contribution in [0.15, 0.2) is 53.6 Å². The summed E-state index contributed by atoms with van der Waals surface area (Å²) in [5.41, 5.74) is 4.36. The number of anilines is 1. The summed E-state index contributed by atoms with van der Waals surface area (Å²) in [5.74, 6) is 0.488. The quantitative estimate of drug-likeness (QED) is 0.760. The van der Waals surface area contributed by atoms with Gasteiger partial charge in [0.25, 0.3) is 0 Å². The van der Waals surface area contributed by atoms with Crippen LogP contribution in [0.2, 0.25) is 0 Å². The van der Waals surface area contributed by atoms with E-state index in [0.717, 1.165) is 17.7 Å². The number of hydrogen-bond donors (Lipinski definition) is 0. The number of nitrogens with zero attached hydrogens (tertiary/aromatic N) is 3. The second-order valence-electron chi connectivity index (χ2n) is 8.17. The molecule has 4 nitrogen and oxygen atoms in total. The fourth-order valence-corrected chi connectivity index (χ4v) is 3.47. The molecule has 1 aliphatic rings. The van der Waals surface area contributed by atoms with E-state index < -0.39 is 0 Å². The van der Waals surface area contributed by atoms with Crippen LogP contribution in [0.3, 0.4) is 0 Å². The van der Waals surface area contributed by atoms with Crippen molar-refractivity contribution in [1.29, 1.82) is 0 Å². The highest BCUT2D eigenvalue weighted by molar-refractivity contribution is 6.38. The number of hydrazone groups is 1. The summed E-state index contributed by atoms with van der Waals surface area (Å²) in [6.45, 7) is 12.2. The Hall–Kier alpha value is -2.62. The first-order valence-electron chi connectivity index (χ1n) is 9.56. The zero-order chi connectivity index (χ0) is 19.8. The molecule has 27 heavy (non-hydrogen) atoms. The minimum absolute atomic E-state index is 0.0188. The molecule has 1 aliphatic heterocycles. The molecular formula is C23H29N3O. The molecule has 0 saturated carbocycles. The summed E-state index contributed by atoms with van der Waals surface area (Å²) in [5, 5.41) is 6.74. The van der Waals surface area contributed by atoms with Gasteiger partial charge >= 0.3 is 0 Å². The van der Waals surface area contributed by atoms with Crippen molar-refractivity contribution >= 4 is 17.3 Å². The molecular weight excluding hydrogens is 334 g/mol. The van der Waals surface area contributed by atoms with Crippen molar-refractivity contribution in [2.75, 3.05) is 5.01 Å². The van der Waals surface area contributed by atoms with Gasteiger partial charge in [-0.05, 0) is 57.4 Å². The Morgan fingerprint density at radius 3 is 2.11 bits per heavy atom. The van der Waals surface area contributed by atoms with Crippen LogP contribution in [0.1, 0.15) is 57.5 Å². The number of Topliss-reactive ketones (excluding diaryl/α,β-unsaturated/α-hetero) is 1. The van der Waals surface area contributed by atoms with Gasteiger partial charge in [-0.1, -0.05) is 48.9 Å². The van der Waals surface area contributed by atoms with E-state index in [-0.39, 0.29) is 17.5 Å². The lowest BCUT2D eigenvalue weighted by molar-refractivity contribution is -0.112. The van der Waals surface area contributed by atoms with Crippen molar-refractivity contribution in [1.82, 2.24) is 4.90 Å². The van der Waals surface area contributed by atoms with Gasteiger partial charge in [-0.3, -0.25) is 4.79 Å². The van der Waals surface area contributed by atoms with Gasteiger partial charge in [0.15, 0.2) is 17.8 Å². The number of hydrogen-bond acceptors (Lipinski definition) is 4. The van der Waals surface area contributed by atoms with E-state index in [1.165, 1.54) is 11.1 Å². The molecule has 3 rings (SSSR count). The molecule has 0 unspecified atom stereocenters. The summed E-state index contributed by atoms with van der Waals surface area (Å²) >= 11 is 0. The third kappa shape index (κ3) is 3.75. The summed E-state index contributed by atoms with van der Waals surface area (Å²) < 4.78 is 0. The highest BCUT2D eigenvalue weighted by Crippen LogP contribution is 2.40. The van der Waals surface area contributed by atoms with Gasteiger partial charge in [0.05, 0.1) is 5.69 Å². The first-order valence-corrected chi connectivity index (χ1v) is 9.56. The van der Waals surface area contributed by atoms with E-state index in [9.17, 15) is 4.79 Å². The number of benzene rings is 2. The van der Waals surface area contributed by atoms with Gasteiger partial charge in [-0.25, -0.2) is 5.01 Å². The molecule has 4 heteroatoms. The fraction of sp³-hybridized carbons (Fsp3) is 0.391. The average molecular weight is 364 g/mol. The zero-order valence-corrected chi connectivity index (χ0v) is 17.2. The van der Waals surface area contributed by atoms with Gasteiger partial charge in [-0.2, -0.15) is 0 Å². The van der Waals surface area contributed by atoms with Crippen molar-refractivity contribution in [3.05, 3.63) is 65.2 Å². The van der Waals surface area contributed by atoms with Gasteiger partial charge in [0.2, 0.25) is 0 Å². The SMILES string of the molecule is CCc1ccc([C@H]2N(c3ccc(C)cc3)N=C(C(C)=O)N2C(C)(C)C)cc1. The van der Waals surface area contributed by atoms with Gasteiger partial charge in [-0.15, -0.1) is 5.10 Å². The minimum Gasteiger partial charge on any atom is -0.321 e. The number of carbonyl (C=O) groups is 1. The summed E-state index contributed by atoms with van der Waals surface area (Å²) in [6, 6.07) is 16.9. The third-order valence-corrected chi connectivity index (χ3v) is 4.93. The Kier molecular flexibility index (Phi) is 5.09. The van der Waals surface area contributed by atoms with Crippen LogP contribution >= 0.6 is 0 Å². The van der Waals surface area contributed by atoms with E-state index in [0.29, 0.717) is 5.84 Å². The normalized spacial score (nSPS) is 17.3. The predicted octanol–water partition coefficient (Wildman–Crippen LogP) is 5.08. The van der Waals surface area contributed by atoms with Crippen LogP contribution in [-0.4, -0.2) is 22.1 Å². The summed E-state index contributed by atoms with van der Waals surface area (Å²) in [4.78, 5) is 14.5. The molecule has 142 valence electrons. The van der Waals surface area contributed by atoms with Crippen LogP contribution in [0, 0.1) is 6.92 Å². The van der Waals surface area contributed by atoms with Gasteiger partial charge < -0.3 is 4.90 Å². The molecule has 1 heterocycles. The van der Waals surface area contributed by atoms with E-state index >= 15 is 0 Å². The third-order valence-electron chi connectivity index (χ3n) is 4.93. The highest BCUT2D eigenvalue weighted by atomic mass is 16.1. The van der Waals surface area contributed by atoms with Gasteiger partial charge in [0, 0.05) is 12.5 Å². The maximum atomic E-state index is 12.4. The monoisotopic (exact) mass is 363 g/mol. The van der Waals surface area contributed by atoms with Crippen molar-refractivity contribution in [3.8, 4) is 0 Å². The Balaban J connectivity index is 2.14. The second kappa shape index (κ2) is 7.18. The number of carbonyl (C=O) groups excluding carboxylic acids is 1. The van der Waals surface area contributed by atoms with Crippen LogP contribution in [-0.2, 0) is 11.2 Å². The molecule has 2 aromatic rings. The van der Waals surface area contributed by atoms with Crippen LogP contribution < -0.4 is 5.01 Å². The maximum absolute atomic E-state index is 12.4.